The Morgan fingerprint density at radius 3 is 2.90 bits per heavy atom. The molecule has 0 aromatic rings. The molecule has 0 aliphatic carbocycles. The van der Waals surface area contributed by atoms with E-state index >= 15 is 0 Å². The van der Waals surface area contributed by atoms with Crippen LogP contribution in [0.4, 0.5) is 4.39 Å². The van der Waals surface area contributed by atoms with Crippen molar-refractivity contribution in [1.29, 1.82) is 0 Å². The van der Waals surface area contributed by atoms with Gasteiger partial charge in [-0.05, 0) is 19.4 Å². The standard InChI is InChI=1S/C8H16FN/c1-2-3-5-10-6-4-8(9)7-10/h8H,2-7H2,1H3. The number of unbranched alkanes of at least 4 members (excludes halogenated alkanes) is 1. The lowest BCUT2D eigenvalue weighted by Gasteiger charge is -2.12. The molecule has 0 bridgehead atoms. The molecule has 10 heavy (non-hydrogen) atoms. The van der Waals surface area contributed by atoms with Gasteiger partial charge in [0, 0.05) is 13.1 Å². The molecule has 60 valence electrons. The Balaban J connectivity index is 2.06. The molecular weight excluding hydrogens is 129 g/mol. The first-order valence-corrected chi connectivity index (χ1v) is 4.19. The van der Waals surface area contributed by atoms with Crippen LogP contribution in [-0.4, -0.2) is 30.7 Å². The van der Waals surface area contributed by atoms with Crippen molar-refractivity contribution in [2.24, 2.45) is 0 Å². The van der Waals surface area contributed by atoms with Gasteiger partial charge in [-0.25, -0.2) is 4.39 Å². The number of hydrogen-bond donors (Lipinski definition) is 0. The van der Waals surface area contributed by atoms with Crippen LogP contribution in [0.25, 0.3) is 0 Å². The van der Waals surface area contributed by atoms with Gasteiger partial charge >= 0.3 is 0 Å². The zero-order valence-electron chi connectivity index (χ0n) is 6.65. The van der Waals surface area contributed by atoms with Gasteiger partial charge in [0.15, 0.2) is 0 Å². The van der Waals surface area contributed by atoms with E-state index in [9.17, 15) is 4.39 Å². The smallest absolute Gasteiger partial charge is 0.114 e. The topological polar surface area (TPSA) is 3.24 Å². The van der Waals surface area contributed by atoms with Crippen LogP contribution in [0.3, 0.4) is 0 Å². The van der Waals surface area contributed by atoms with Crippen LogP contribution in [-0.2, 0) is 0 Å². The Morgan fingerprint density at radius 2 is 2.40 bits per heavy atom. The number of alkyl halides is 1. The van der Waals surface area contributed by atoms with Crippen molar-refractivity contribution >= 4 is 0 Å². The van der Waals surface area contributed by atoms with Crippen LogP contribution in [0.1, 0.15) is 26.2 Å². The third-order valence-corrected chi connectivity index (χ3v) is 2.04. The molecule has 1 unspecified atom stereocenters. The van der Waals surface area contributed by atoms with Crippen LogP contribution < -0.4 is 0 Å². The molecule has 1 nitrogen and oxygen atoms in total. The Morgan fingerprint density at radius 1 is 1.60 bits per heavy atom. The van der Waals surface area contributed by atoms with E-state index in [0.29, 0.717) is 6.54 Å². The molecule has 0 aromatic carbocycles. The maximum atomic E-state index is 12.6. The second kappa shape index (κ2) is 3.91. The van der Waals surface area contributed by atoms with E-state index in [-0.39, 0.29) is 0 Å². The Kier molecular flexibility index (Phi) is 3.13. The molecule has 0 radical (unpaired) electrons. The van der Waals surface area contributed by atoms with Gasteiger partial charge in [-0.1, -0.05) is 13.3 Å². The van der Waals surface area contributed by atoms with Gasteiger partial charge in [-0.15, -0.1) is 0 Å². The lowest BCUT2D eigenvalue weighted by molar-refractivity contribution is 0.285. The summed E-state index contributed by atoms with van der Waals surface area (Å²) >= 11 is 0. The summed E-state index contributed by atoms with van der Waals surface area (Å²) in [4.78, 5) is 2.22. The fourth-order valence-corrected chi connectivity index (χ4v) is 1.37. The van der Waals surface area contributed by atoms with Gasteiger partial charge < -0.3 is 4.90 Å². The molecule has 1 saturated heterocycles. The van der Waals surface area contributed by atoms with E-state index in [2.05, 4.69) is 11.8 Å². The highest BCUT2D eigenvalue weighted by Crippen LogP contribution is 2.12. The highest BCUT2D eigenvalue weighted by atomic mass is 19.1. The van der Waals surface area contributed by atoms with Crippen molar-refractivity contribution in [2.75, 3.05) is 19.6 Å². The molecule has 0 spiro atoms. The van der Waals surface area contributed by atoms with Crippen molar-refractivity contribution in [3.8, 4) is 0 Å². The van der Waals surface area contributed by atoms with Crippen molar-refractivity contribution < 1.29 is 4.39 Å². The second-order valence-electron chi connectivity index (χ2n) is 3.04. The Hall–Kier alpha value is -0.110. The fraction of sp³-hybridized carbons (Fsp3) is 1.00. The van der Waals surface area contributed by atoms with Crippen LogP contribution in [0.15, 0.2) is 0 Å². The molecule has 1 aliphatic rings. The largest absolute Gasteiger partial charge is 0.300 e. The van der Waals surface area contributed by atoms with Gasteiger partial charge in [0.1, 0.15) is 6.17 Å². The maximum absolute atomic E-state index is 12.6. The lowest BCUT2D eigenvalue weighted by atomic mass is 10.3. The zero-order valence-corrected chi connectivity index (χ0v) is 6.65. The van der Waals surface area contributed by atoms with Crippen molar-refractivity contribution in [3.63, 3.8) is 0 Å². The highest BCUT2D eigenvalue weighted by molar-refractivity contribution is 4.73. The highest BCUT2D eigenvalue weighted by Gasteiger charge is 2.20. The average molecular weight is 145 g/mol. The van der Waals surface area contributed by atoms with E-state index < -0.39 is 6.17 Å². The zero-order chi connectivity index (χ0) is 7.40. The third kappa shape index (κ3) is 2.25. The van der Waals surface area contributed by atoms with Gasteiger partial charge in [0.2, 0.25) is 0 Å². The van der Waals surface area contributed by atoms with E-state index in [0.717, 1.165) is 19.5 Å². The first-order chi connectivity index (χ1) is 4.83. The third-order valence-electron chi connectivity index (χ3n) is 2.04. The van der Waals surface area contributed by atoms with Crippen LogP contribution in [0, 0.1) is 0 Å². The quantitative estimate of drug-likeness (QED) is 0.585. The molecule has 0 saturated carbocycles. The van der Waals surface area contributed by atoms with Crippen LogP contribution in [0.5, 0.6) is 0 Å². The molecular formula is C8H16FN. The molecule has 0 N–H and O–H groups in total. The fourth-order valence-electron chi connectivity index (χ4n) is 1.37. The van der Waals surface area contributed by atoms with Gasteiger partial charge in [0.05, 0.1) is 0 Å². The minimum Gasteiger partial charge on any atom is -0.300 e. The van der Waals surface area contributed by atoms with Crippen molar-refractivity contribution in [1.82, 2.24) is 4.90 Å². The Bertz CT molecular complexity index is 95.3. The molecule has 1 aliphatic heterocycles. The van der Waals surface area contributed by atoms with Crippen LogP contribution in [0.2, 0.25) is 0 Å². The van der Waals surface area contributed by atoms with E-state index in [1.54, 1.807) is 0 Å². The molecule has 1 atom stereocenters. The van der Waals surface area contributed by atoms with Crippen molar-refractivity contribution in [2.45, 2.75) is 32.4 Å². The minimum absolute atomic E-state index is 0.545. The summed E-state index contributed by atoms with van der Waals surface area (Å²) in [6, 6.07) is 0. The first-order valence-electron chi connectivity index (χ1n) is 4.19. The number of likely N-dealkylation sites (tertiary alicyclic amines) is 1. The lowest BCUT2D eigenvalue weighted by Crippen LogP contribution is -2.21. The number of nitrogens with zero attached hydrogens (tertiary/aromatic N) is 1. The molecule has 1 fully saturated rings. The predicted molar refractivity (Wildman–Crippen MR) is 40.9 cm³/mol. The normalized spacial score (nSPS) is 27.6. The molecule has 0 aromatic heterocycles. The van der Waals surface area contributed by atoms with E-state index in [4.69, 9.17) is 0 Å². The molecule has 2 heteroatoms. The van der Waals surface area contributed by atoms with Gasteiger partial charge in [-0.3, -0.25) is 0 Å². The number of hydrogen-bond acceptors (Lipinski definition) is 1. The van der Waals surface area contributed by atoms with Crippen LogP contribution >= 0.6 is 0 Å². The number of halogens is 1. The average Bonchev–Trinajstić information content (AvgIpc) is 2.31. The van der Waals surface area contributed by atoms with Gasteiger partial charge in [-0.2, -0.15) is 0 Å². The summed E-state index contributed by atoms with van der Waals surface area (Å²) in [5.41, 5.74) is 0. The second-order valence-corrected chi connectivity index (χ2v) is 3.04. The number of rotatable bonds is 3. The Labute approximate surface area is 62.2 Å². The van der Waals surface area contributed by atoms with Crippen molar-refractivity contribution in [3.05, 3.63) is 0 Å². The molecule has 0 amide bonds. The first kappa shape index (κ1) is 7.99. The SMILES string of the molecule is CCCCN1CCC(F)C1. The summed E-state index contributed by atoms with van der Waals surface area (Å²) in [7, 11) is 0. The summed E-state index contributed by atoms with van der Waals surface area (Å²) in [6.45, 7) is 4.92. The maximum Gasteiger partial charge on any atom is 0.114 e. The van der Waals surface area contributed by atoms with Gasteiger partial charge in [0.25, 0.3) is 0 Å². The summed E-state index contributed by atoms with van der Waals surface area (Å²) in [6.07, 6.45) is 2.64. The summed E-state index contributed by atoms with van der Waals surface area (Å²) < 4.78 is 12.6. The molecule has 1 rings (SSSR count). The predicted octanol–water partition coefficient (Wildman–Crippen LogP) is 1.83. The van der Waals surface area contributed by atoms with E-state index in [1.807, 2.05) is 0 Å². The minimum atomic E-state index is -0.545. The monoisotopic (exact) mass is 145 g/mol. The summed E-state index contributed by atoms with van der Waals surface area (Å²) in [5.74, 6) is 0. The molecule has 1 heterocycles. The summed E-state index contributed by atoms with van der Waals surface area (Å²) in [5, 5.41) is 0. The van der Waals surface area contributed by atoms with E-state index in [1.165, 1.54) is 12.8 Å².